The molecule has 0 aliphatic carbocycles. The van der Waals surface area contributed by atoms with E-state index in [1.54, 1.807) is 7.11 Å². The molecule has 0 saturated carbocycles. The van der Waals surface area contributed by atoms with E-state index in [0.29, 0.717) is 6.54 Å². The number of benzene rings is 1. The van der Waals surface area contributed by atoms with Gasteiger partial charge in [-0.15, -0.1) is 0 Å². The largest absolute Gasteiger partial charge is 0.493 e. The van der Waals surface area contributed by atoms with Gasteiger partial charge in [0.1, 0.15) is 5.60 Å². The number of ether oxygens (including phenoxy) is 2. The van der Waals surface area contributed by atoms with Gasteiger partial charge in [-0.3, -0.25) is 0 Å². The van der Waals surface area contributed by atoms with Gasteiger partial charge in [0.25, 0.3) is 0 Å². The van der Waals surface area contributed by atoms with Crippen molar-refractivity contribution in [2.24, 2.45) is 5.73 Å². The lowest BCUT2D eigenvalue weighted by molar-refractivity contribution is 0.0979. The highest BCUT2D eigenvalue weighted by atomic mass is 16.5. The standard InChI is InChI=1S/C12H19NO2/c1-12(2,8-9-13)15-11-7-5-4-6-10(11)14-3/h4-7H,8-9,13H2,1-3H3. The molecule has 0 atom stereocenters. The van der Waals surface area contributed by atoms with Crippen LogP contribution in [0.5, 0.6) is 11.5 Å². The summed E-state index contributed by atoms with van der Waals surface area (Å²) in [5.74, 6) is 1.51. The first-order chi connectivity index (χ1) is 7.09. The maximum Gasteiger partial charge on any atom is 0.161 e. The van der Waals surface area contributed by atoms with E-state index in [1.165, 1.54) is 0 Å². The van der Waals surface area contributed by atoms with Crippen LogP contribution < -0.4 is 15.2 Å². The van der Waals surface area contributed by atoms with Crippen LogP contribution in [0.15, 0.2) is 24.3 Å². The molecule has 1 aromatic rings. The molecule has 84 valence electrons. The molecule has 1 aromatic carbocycles. The minimum atomic E-state index is -0.261. The van der Waals surface area contributed by atoms with Crippen LogP contribution in [-0.2, 0) is 0 Å². The van der Waals surface area contributed by atoms with Crippen molar-refractivity contribution >= 4 is 0 Å². The SMILES string of the molecule is COc1ccccc1OC(C)(C)CCN. The van der Waals surface area contributed by atoms with E-state index in [4.69, 9.17) is 15.2 Å². The molecule has 0 spiro atoms. The van der Waals surface area contributed by atoms with E-state index >= 15 is 0 Å². The van der Waals surface area contributed by atoms with Gasteiger partial charge in [-0.2, -0.15) is 0 Å². The molecule has 3 nitrogen and oxygen atoms in total. The van der Waals surface area contributed by atoms with Gasteiger partial charge in [-0.1, -0.05) is 12.1 Å². The Kier molecular flexibility index (Phi) is 3.97. The summed E-state index contributed by atoms with van der Waals surface area (Å²) in [6.07, 6.45) is 0.811. The fourth-order valence-corrected chi connectivity index (χ4v) is 1.40. The van der Waals surface area contributed by atoms with Crippen molar-refractivity contribution in [2.75, 3.05) is 13.7 Å². The van der Waals surface area contributed by atoms with Crippen LogP contribution in [0.2, 0.25) is 0 Å². The van der Waals surface area contributed by atoms with Crippen LogP contribution in [0.1, 0.15) is 20.3 Å². The molecule has 0 bridgehead atoms. The maximum absolute atomic E-state index is 5.86. The summed E-state index contributed by atoms with van der Waals surface area (Å²) in [6, 6.07) is 7.63. The number of hydrogen-bond donors (Lipinski definition) is 1. The lowest BCUT2D eigenvalue weighted by atomic mass is 10.1. The number of nitrogens with two attached hydrogens (primary N) is 1. The second-order valence-corrected chi connectivity index (χ2v) is 4.05. The maximum atomic E-state index is 5.86. The average Bonchev–Trinajstić information content (AvgIpc) is 2.17. The number of rotatable bonds is 5. The highest BCUT2D eigenvalue weighted by Gasteiger charge is 2.20. The molecule has 0 saturated heterocycles. The zero-order valence-corrected chi connectivity index (χ0v) is 9.62. The molecule has 0 aliphatic rings. The van der Waals surface area contributed by atoms with E-state index in [9.17, 15) is 0 Å². The van der Waals surface area contributed by atoms with Crippen molar-refractivity contribution in [3.63, 3.8) is 0 Å². The van der Waals surface area contributed by atoms with Crippen LogP contribution in [-0.4, -0.2) is 19.3 Å². The monoisotopic (exact) mass is 209 g/mol. The van der Waals surface area contributed by atoms with Gasteiger partial charge >= 0.3 is 0 Å². The van der Waals surface area contributed by atoms with Crippen LogP contribution in [0.3, 0.4) is 0 Å². The summed E-state index contributed by atoms with van der Waals surface area (Å²) in [5.41, 5.74) is 5.27. The predicted molar refractivity (Wildman–Crippen MR) is 61.4 cm³/mol. The number of para-hydroxylation sites is 2. The van der Waals surface area contributed by atoms with Gasteiger partial charge in [0.2, 0.25) is 0 Å². The fraction of sp³-hybridized carbons (Fsp3) is 0.500. The van der Waals surface area contributed by atoms with Crippen LogP contribution >= 0.6 is 0 Å². The summed E-state index contributed by atoms with van der Waals surface area (Å²) in [6.45, 7) is 4.65. The van der Waals surface area contributed by atoms with Gasteiger partial charge < -0.3 is 15.2 Å². The Labute approximate surface area is 91.2 Å². The average molecular weight is 209 g/mol. The quantitative estimate of drug-likeness (QED) is 0.808. The van der Waals surface area contributed by atoms with Crippen molar-refractivity contribution in [3.05, 3.63) is 24.3 Å². The van der Waals surface area contributed by atoms with Gasteiger partial charge in [-0.05, 0) is 38.9 Å². The van der Waals surface area contributed by atoms with Crippen molar-refractivity contribution in [3.8, 4) is 11.5 Å². The molecule has 0 radical (unpaired) electrons. The van der Waals surface area contributed by atoms with E-state index in [1.807, 2.05) is 38.1 Å². The Morgan fingerprint density at radius 2 is 1.80 bits per heavy atom. The molecule has 0 aromatic heterocycles. The van der Waals surface area contributed by atoms with Crippen molar-refractivity contribution in [1.82, 2.24) is 0 Å². The molecule has 0 aliphatic heterocycles. The van der Waals surface area contributed by atoms with Gasteiger partial charge in [-0.25, -0.2) is 0 Å². The van der Waals surface area contributed by atoms with Gasteiger partial charge in [0.15, 0.2) is 11.5 Å². The van der Waals surface area contributed by atoms with Gasteiger partial charge in [0, 0.05) is 0 Å². The highest BCUT2D eigenvalue weighted by Crippen LogP contribution is 2.30. The summed E-state index contributed by atoms with van der Waals surface area (Å²) < 4.78 is 11.1. The summed E-state index contributed by atoms with van der Waals surface area (Å²) in [4.78, 5) is 0. The Morgan fingerprint density at radius 3 is 2.33 bits per heavy atom. The molecule has 0 amide bonds. The van der Waals surface area contributed by atoms with Crippen LogP contribution in [0.4, 0.5) is 0 Å². The van der Waals surface area contributed by atoms with Crippen molar-refractivity contribution in [1.29, 1.82) is 0 Å². The second kappa shape index (κ2) is 5.03. The van der Waals surface area contributed by atoms with E-state index in [-0.39, 0.29) is 5.60 Å². The highest BCUT2D eigenvalue weighted by molar-refractivity contribution is 5.39. The molecular weight excluding hydrogens is 190 g/mol. The molecule has 0 fully saturated rings. The molecule has 0 heterocycles. The smallest absolute Gasteiger partial charge is 0.161 e. The third-order valence-corrected chi connectivity index (χ3v) is 2.20. The van der Waals surface area contributed by atoms with Crippen LogP contribution in [0, 0.1) is 0 Å². The first kappa shape index (κ1) is 11.9. The zero-order chi connectivity index (χ0) is 11.3. The topological polar surface area (TPSA) is 44.5 Å². The summed E-state index contributed by atoms with van der Waals surface area (Å²) in [7, 11) is 1.64. The normalized spacial score (nSPS) is 11.2. The fourth-order valence-electron chi connectivity index (χ4n) is 1.40. The molecule has 1 rings (SSSR count). The molecule has 15 heavy (non-hydrogen) atoms. The Hall–Kier alpha value is -1.22. The predicted octanol–water partition coefficient (Wildman–Crippen LogP) is 2.20. The third kappa shape index (κ3) is 3.44. The first-order valence-electron chi connectivity index (χ1n) is 5.11. The molecule has 3 heteroatoms. The summed E-state index contributed by atoms with van der Waals surface area (Å²) in [5, 5.41) is 0. The molecule has 0 unspecified atom stereocenters. The molecule has 2 N–H and O–H groups in total. The number of hydrogen-bond acceptors (Lipinski definition) is 3. The Morgan fingerprint density at radius 1 is 1.20 bits per heavy atom. The Bertz CT molecular complexity index is 310. The molecular formula is C12H19NO2. The Balaban J connectivity index is 2.79. The number of methoxy groups -OCH3 is 1. The first-order valence-corrected chi connectivity index (χ1v) is 5.11. The zero-order valence-electron chi connectivity index (χ0n) is 9.62. The van der Waals surface area contributed by atoms with Crippen LogP contribution in [0.25, 0.3) is 0 Å². The minimum Gasteiger partial charge on any atom is -0.493 e. The van der Waals surface area contributed by atoms with E-state index in [2.05, 4.69) is 0 Å². The lowest BCUT2D eigenvalue weighted by Crippen LogP contribution is -2.31. The van der Waals surface area contributed by atoms with Gasteiger partial charge in [0.05, 0.1) is 7.11 Å². The van der Waals surface area contributed by atoms with E-state index < -0.39 is 0 Å². The van der Waals surface area contributed by atoms with Crippen molar-refractivity contribution < 1.29 is 9.47 Å². The lowest BCUT2D eigenvalue weighted by Gasteiger charge is -2.26. The third-order valence-electron chi connectivity index (χ3n) is 2.20. The minimum absolute atomic E-state index is 0.261. The van der Waals surface area contributed by atoms with Crippen molar-refractivity contribution in [2.45, 2.75) is 25.9 Å². The van der Waals surface area contributed by atoms with E-state index in [0.717, 1.165) is 17.9 Å². The second-order valence-electron chi connectivity index (χ2n) is 4.05. The summed E-state index contributed by atoms with van der Waals surface area (Å²) >= 11 is 0.